The summed E-state index contributed by atoms with van der Waals surface area (Å²) in [6, 6.07) is 9.03. The Bertz CT molecular complexity index is 550. The van der Waals surface area contributed by atoms with Crippen molar-refractivity contribution in [3.05, 3.63) is 35.9 Å². The van der Waals surface area contributed by atoms with Gasteiger partial charge in [0.1, 0.15) is 6.10 Å². The van der Waals surface area contributed by atoms with Gasteiger partial charge in [-0.15, -0.1) is 0 Å². The van der Waals surface area contributed by atoms with Gasteiger partial charge in [-0.3, -0.25) is 4.79 Å². The van der Waals surface area contributed by atoms with E-state index in [1.54, 1.807) is 12.1 Å². The average Bonchev–Trinajstić information content (AvgIpc) is 2.52. The van der Waals surface area contributed by atoms with Crippen LogP contribution in [0.25, 0.3) is 0 Å². The zero-order valence-corrected chi connectivity index (χ0v) is 14.4. The second-order valence-electron chi connectivity index (χ2n) is 6.85. The van der Waals surface area contributed by atoms with Crippen LogP contribution in [-0.4, -0.2) is 24.6 Å². The van der Waals surface area contributed by atoms with E-state index < -0.39 is 0 Å². The molecular weight excluding hydrogens is 292 g/mol. The first kappa shape index (κ1) is 17.5. The van der Waals surface area contributed by atoms with E-state index in [4.69, 9.17) is 9.47 Å². The summed E-state index contributed by atoms with van der Waals surface area (Å²) < 4.78 is 10.7. The first-order chi connectivity index (χ1) is 10.9. The fraction of sp³-hybridized carbons (Fsp3) is 0.579. The summed E-state index contributed by atoms with van der Waals surface area (Å²) in [4.78, 5) is 23.8. The van der Waals surface area contributed by atoms with E-state index in [2.05, 4.69) is 13.8 Å². The van der Waals surface area contributed by atoms with Crippen LogP contribution in [0.1, 0.15) is 50.9 Å². The monoisotopic (exact) mass is 318 g/mol. The Labute approximate surface area is 138 Å². The number of ether oxygens (including phenoxy) is 2. The van der Waals surface area contributed by atoms with Gasteiger partial charge in [0.15, 0.2) is 0 Å². The van der Waals surface area contributed by atoms with Crippen molar-refractivity contribution in [2.75, 3.05) is 6.61 Å². The summed E-state index contributed by atoms with van der Waals surface area (Å²) in [7, 11) is 0. The maximum Gasteiger partial charge on any atom is 0.338 e. The van der Waals surface area contributed by atoms with Gasteiger partial charge in [0.25, 0.3) is 0 Å². The van der Waals surface area contributed by atoms with E-state index in [0.29, 0.717) is 18.6 Å². The first-order valence-electron chi connectivity index (χ1n) is 8.27. The maximum atomic E-state index is 12.2. The van der Waals surface area contributed by atoms with Crippen molar-refractivity contribution in [2.45, 2.75) is 46.6 Å². The van der Waals surface area contributed by atoms with Crippen LogP contribution in [-0.2, 0) is 14.3 Å². The summed E-state index contributed by atoms with van der Waals surface area (Å²) in [5, 5.41) is 0. The molecule has 0 unspecified atom stereocenters. The lowest BCUT2D eigenvalue weighted by atomic mass is 9.52. The SMILES string of the molecule is CCOC(=O)C[C@@H]1C[C@H]([C@@H](C)OC(=O)c2ccccc2)C1(C)C. The molecule has 1 aromatic carbocycles. The van der Waals surface area contributed by atoms with Gasteiger partial charge in [0.05, 0.1) is 12.2 Å². The van der Waals surface area contributed by atoms with E-state index in [1.165, 1.54) is 0 Å². The lowest BCUT2D eigenvalue weighted by molar-refractivity contribution is -0.153. The van der Waals surface area contributed by atoms with Gasteiger partial charge in [-0.05, 0) is 43.7 Å². The summed E-state index contributed by atoms with van der Waals surface area (Å²) in [6.45, 7) is 8.45. The largest absolute Gasteiger partial charge is 0.466 e. The molecule has 0 N–H and O–H groups in total. The van der Waals surface area contributed by atoms with Crippen LogP contribution in [0.5, 0.6) is 0 Å². The molecule has 0 amide bonds. The molecule has 1 aliphatic rings. The molecule has 23 heavy (non-hydrogen) atoms. The highest BCUT2D eigenvalue weighted by Crippen LogP contribution is 2.55. The Balaban J connectivity index is 1.90. The summed E-state index contributed by atoms with van der Waals surface area (Å²) in [5.41, 5.74) is 0.530. The second-order valence-corrected chi connectivity index (χ2v) is 6.85. The predicted molar refractivity (Wildman–Crippen MR) is 87.9 cm³/mol. The predicted octanol–water partition coefficient (Wildman–Crippen LogP) is 3.85. The molecule has 2 rings (SSSR count). The third-order valence-corrected chi connectivity index (χ3v) is 5.13. The van der Waals surface area contributed by atoms with Crippen LogP contribution in [0, 0.1) is 17.3 Å². The van der Waals surface area contributed by atoms with Crippen LogP contribution in [0.15, 0.2) is 30.3 Å². The number of carbonyl (C=O) groups excluding carboxylic acids is 2. The molecule has 0 aliphatic heterocycles. The zero-order chi connectivity index (χ0) is 17.0. The molecular formula is C19H26O4. The molecule has 0 bridgehead atoms. The van der Waals surface area contributed by atoms with Crippen LogP contribution in [0.2, 0.25) is 0 Å². The Hall–Kier alpha value is -1.84. The van der Waals surface area contributed by atoms with Crippen LogP contribution >= 0.6 is 0 Å². The summed E-state index contributed by atoms with van der Waals surface area (Å²) in [6.07, 6.45) is 1.15. The molecule has 1 aliphatic carbocycles. The van der Waals surface area contributed by atoms with E-state index in [1.807, 2.05) is 32.0 Å². The van der Waals surface area contributed by atoms with Gasteiger partial charge >= 0.3 is 11.9 Å². The quantitative estimate of drug-likeness (QED) is 0.748. The smallest absolute Gasteiger partial charge is 0.338 e. The lowest BCUT2D eigenvalue weighted by Crippen LogP contribution is -2.51. The van der Waals surface area contributed by atoms with Crippen molar-refractivity contribution in [3.8, 4) is 0 Å². The maximum absolute atomic E-state index is 12.2. The molecule has 4 nitrogen and oxygen atoms in total. The highest BCUT2D eigenvalue weighted by atomic mass is 16.5. The van der Waals surface area contributed by atoms with Crippen molar-refractivity contribution < 1.29 is 19.1 Å². The normalized spacial score (nSPS) is 23.5. The van der Waals surface area contributed by atoms with Gasteiger partial charge in [0, 0.05) is 12.3 Å². The number of esters is 2. The van der Waals surface area contributed by atoms with Crippen LogP contribution in [0.4, 0.5) is 0 Å². The molecule has 0 spiro atoms. The highest BCUT2D eigenvalue weighted by Gasteiger charge is 2.51. The van der Waals surface area contributed by atoms with Crippen molar-refractivity contribution in [1.29, 1.82) is 0 Å². The van der Waals surface area contributed by atoms with E-state index >= 15 is 0 Å². The molecule has 1 fully saturated rings. The van der Waals surface area contributed by atoms with Gasteiger partial charge in [0.2, 0.25) is 0 Å². The average molecular weight is 318 g/mol. The molecule has 1 saturated carbocycles. The van der Waals surface area contributed by atoms with Gasteiger partial charge < -0.3 is 9.47 Å². The van der Waals surface area contributed by atoms with Gasteiger partial charge in [-0.25, -0.2) is 4.79 Å². The minimum absolute atomic E-state index is 0.0385. The Morgan fingerprint density at radius 2 is 1.91 bits per heavy atom. The first-order valence-corrected chi connectivity index (χ1v) is 8.27. The van der Waals surface area contributed by atoms with Gasteiger partial charge in [-0.2, -0.15) is 0 Å². The number of carbonyl (C=O) groups is 2. The Kier molecular flexibility index (Phi) is 5.45. The Morgan fingerprint density at radius 1 is 1.26 bits per heavy atom. The molecule has 3 atom stereocenters. The second kappa shape index (κ2) is 7.16. The van der Waals surface area contributed by atoms with Crippen LogP contribution in [0.3, 0.4) is 0 Å². The Morgan fingerprint density at radius 3 is 2.48 bits per heavy atom. The van der Waals surface area contributed by atoms with E-state index in [-0.39, 0.29) is 35.3 Å². The third-order valence-electron chi connectivity index (χ3n) is 5.13. The van der Waals surface area contributed by atoms with Crippen LogP contribution < -0.4 is 0 Å². The number of rotatable bonds is 6. The summed E-state index contributed by atoms with van der Waals surface area (Å²) in [5.74, 6) is 0.111. The minimum Gasteiger partial charge on any atom is -0.466 e. The fourth-order valence-corrected chi connectivity index (χ4v) is 3.51. The lowest BCUT2D eigenvalue weighted by Gasteiger charge is -2.54. The molecule has 0 heterocycles. The number of hydrogen-bond donors (Lipinski definition) is 0. The van der Waals surface area contributed by atoms with E-state index in [0.717, 1.165) is 6.42 Å². The molecule has 0 aromatic heterocycles. The molecule has 126 valence electrons. The van der Waals surface area contributed by atoms with E-state index in [9.17, 15) is 9.59 Å². The zero-order valence-electron chi connectivity index (χ0n) is 14.4. The minimum atomic E-state index is -0.289. The highest BCUT2D eigenvalue weighted by molar-refractivity contribution is 5.89. The van der Waals surface area contributed by atoms with Crippen molar-refractivity contribution in [3.63, 3.8) is 0 Å². The van der Waals surface area contributed by atoms with Crippen molar-refractivity contribution >= 4 is 11.9 Å². The fourth-order valence-electron chi connectivity index (χ4n) is 3.51. The van der Waals surface area contributed by atoms with Crippen molar-refractivity contribution in [1.82, 2.24) is 0 Å². The molecule has 0 saturated heterocycles. The topological polar surface area (TPSA) is 52.6 Å². The summed E-state index contributed by atoms with van der Waals surface area (Å²) >= 11 is 0. The van der Waals surface area contributed by atoms with Gasteiger partial charge in [-0.1, -0.05) is 32.0 Å². The van der Waals surface area contributed by atoms with Crippen molar-refractivity contribution in [2.24, 2.45) is 17.3 Å². The molecule has 1 aromatic rings. The third kappa shape index (κ3) is 3.92. The number of hydrogen-bond acceptors (Lipinski definition) is 4. The number of benzene rings is 1. The molecule has 0 radical (unpaired) electrons. The molecule has 4 heteroatoms. The standard InChI is InChI=1S/C19H26O4/c1-5-22-17(20)12-15-11-16(19(15,3)4)13(2)23-18(21)14-9-7-6-8-10-14/h6-10,13,15-16H,5,11-12H2,1-4H3/t13-,15+,16-/m1/s1.